The Hall–Kier alpha value is -1.30. The first kappa shape index (κ1) is 16.1. The van der Waals surface area contributed by atoms with Crippen molar-refractivity contribution in [1.29, 1.82) is 0 Å². The second kappa shape index (κ2) is 6.64. The molecule has 6 heteroatoms. The Morgan fingerprint density at radius 3 is 2.67 bits per heavy atom. The summed E-state index contributed by atoms with van der Waals surface area (Å²) in [6, 6.07) is 5.16. The predicted molar refractivity (Wildman–Crippen MR) is 82.8 cm³/mol. The molecule has 2 rings (SSSR count). The van der Waals surface area contributed by atoms with Crippen LogP contribution in [-0.2, 0) is 9.53 Å². The lowest BCUT2D eigenvalue weighted by Gasteiger charge is -2.31. The Bertz CT molecular complexity index is 514. The molecule has 3 N–H and O–H groups in total. The number of rotatable bonds is 4. The fraction of sp³-hybridized carbons (Fsp3) is 0.533. The van der Waals surface area contributed by atoms with Crippen molar-refractivity contribution in [2.45, 2.75) is 38.3 Å². The third kappa shape index (κ3) is 4.09. The quantitative estimate of drug-likeness (QED) is 0.896. The van der Waals surface area contributed by atoms with Gasteiger partial charge < -0.3 is 20.5 Å². The lowest BCUT2D eigenvalue weighted by molar-refractivity contribution is -0.124. The van der Waals surface area contributed by atoms with Crippen molar-refractivity contribution >= 4 is 23.2 Å². The number of hydrogen-bond acceptors (Lipinski definition) is 4. The summed E-state index contributed by atoms with van der Waals surface area (Å²) in [5.74, 6) is 0.387. The molecule has 1 amide bonds. The van der Waals surface area contributed by atoms with Crippen molar-refractivity contribution < 1.29 is 14.3 Å². The van der Waals surface area contributed by atoms with Crippen LogP contribution in [0.4, 0.5) is 5.69 Å². The first-order chi connectivity index (χ1) is 9.90. The second-order valence-electron chi connectivity index (χ2n) is 5.53. The molecule has 0 bridgehead atoms. The predicted octanol–water partition coefficient (Wildman–Crippen LogP) is 2.57. The Kier molecular flexibility index (Phi) is 5.08. The molecule has 1 aliphatic heterocycles. The summed E-state index contributed by atoms with van der Waals surface area (Å²) in [4.78, 5) is 12.3. The summed E-state index contributed by atoms with van der Waals surface area (Å²) in [5.41, 5.74) is 5.87. The summed E-state index contributed by atoms with van der Waals surface area (Å²) in [6.07, 6.45) is 1.07. The third-order valence-corrected chi connectivity index (χ3v) is 3.69. The average Bonchev–Trinajstić information content (AvgIpc) is 2.42. The zero-order valence-corrected chi connectivity index (χ0v) is 13.1. The summed E-state index contributed by atoms with van der Waals surface area (Å²) >= 11 is 6.15. The lowest BCUT2D eigenvalue weighted by Crippen LogP contribution is -2.54. The fourth-order valence-corrected chi connectivity index (χ4v) is 2.37. The Labute approximate surface area is 129 Å². The summed E-state index contributed by atoms with van der Waals surface area (Å²) in [6.45, 7) is 4.86. The number of halogens is 1. The fourth-order valence-electron chi connectivity index (χ4n) is 2.15. The Balaban J connectivity index is 2.05. The summed E-state index contributed by atoms with van der Waals surface area (Å²) in [5, 5.41) is 3.27. The van der Waals surface area contributed by atoms with Crippen molar-refractivity contribution in [2.75, 3.05) is 18.5 Å². The summed E-state index contributed by atoms with van der Waals surface area (Å²) < 4.78 is 10.8. The van der Waals surface area contributed by atoms with E-state index in [2.05, 4.69) is 5.32 Å². The van der Waals surface area contributed by atoms with Crippen molar-refractivity contribution in [3.63, 3.8) is 0 Å². The van der Waals surface area contributed by atoms with E-state index < -0.39 is 5.54 Å². The maximum Gasteiger partial charge on any atom is 0.244 e. The molecule has 21 heavy (non-hydrogen) atoms. The van der Waals surface area contributed by atoms with Crippen LogP contribution in [0.5, 0.6) is 5.75 Å². The van der Waals surface area contributed by atoms with Crippen LogP contribution < -0.4 is 15.8 Å². The number of benzene rings is 1. The molecule has 5 nitrogen and oxygen atoms in total. The van der Waals surface area contributed by atoms with Gasteiger partial charge in [-0.15, -0.1) is 0 Å². The highest BCUT2D eigenvalue weighted by Crippen LogP contribution is 2.29. The van der Waals surface area contributed by atoms with E-state index in [1.807, 2.05) is 13.8 Å². The molecule has 1 heterocycles. The molecular weight excluding hydrogens is 292 g/mol. The second-order valence-corrected chi connectivity index (χ2v) is 5.94. The minimum absolute atomic E-state index is 0.0393. The van der Waals surface area contributed by atoms with Gasteiger partial charge in [-0.25, -0.2) is 0 Å². The van der Waals surface area contributed by atoms with Gasteiger partial charge in [-0.05, 0) is 44.9 Å². The molecule has 0 saturated carbocycles. The van der Waals surface area contributed by atoms with Gasteiger partial charge in [-0.2, -0.15) is 0 Å². The van der Waals surface area contributed by atoms with Crippen molar-refractivity contribution in [3.05, 3.63) is 23.2 Å². The maximum atomic E-state index is 12.3. The number of carbonyl (C=O) groups is 1. The molecule has 0 unspecified atom stereocenters. The molecule has 0 radical (unpaired) electrons. The van der Waals surface area contributed by atoms with E-state index in [9.17, 15) is 4.79 Å². The number of hydrogen-bond donors (Lipinski definition) is 2. The Morgan fingerprint density at radius 1 is 1.43 bits per heavy atom. The van der Waals surface area contributed by atoms with E-state index in [1.165, 1.54) is 0 Å². The van der Waals surface area contributed by atoms with Crippen LogP contribution in [0.3, 0.4) is 0 Å². The van der Waals surface area contributed by atoms with Gasteiger partial charge in [-0.1, -0.05) is 11.6 Å². The van der Waals surface area contributed by atoms with E-state index >= 15 is 0 Å². The molecule has 1 saturated heterocycles. The molecule has 1 aliphatic rings. The highest BCUT2D eigenvalue weighted by molar-refractivity contribution is 6.32. The molecule has 0 aliphatic carbocycles. The average molecular weight is 313 g/mol. The SMILES string of the molecule is CC(C)Oc1ccc(NC(=O)C2(N)CCOCC2)cc1Cl. The van der Waals surface area contributed by atoms with E-state index in [4.69, 9.17) is 26.8 Å². The van der Waals surface area contributed by atoms with E-state index in [0.717, 1.165) is 0 Å². The normalized spacial score (nSPS) is 17.6. The minimum Gasteiger partial charge on any atom is -0.489 e. The van der Waals surface area contributed by atoms with Gasteiger partial charge in [0.2, 0.25) is 5.91 Å². The molecule has 0 spiro atoms. The highest BCUT2D eigenvalue weighted by atomic mass is 35.5. The van der Waals surface area contributed by atoms with Crippen LogP contribution in [-0.4, -0.2) is 30.8 Å². The van der Waals surface area contributed by atoms with Gasteiger partial charge in [-0.3, -0.25) is 4.79 Å². The van der Waals surface area contributed by atoms with Gasteiger partial charge in [0.05, 0.1) is 11.1 Å². The van der Waals surface area contributed by atoms with Crippen molar-refractivity contribution in [2.24, 2.45) is 5.73 Å². The van der Waals surface area contributed by atoms with Crippen LogP contribution in [0.15, 0.2) is 18.2 Å². The van der Waals surface area contributed by atoms with Gasteiger partial charge >= 0.3 is 0 Å². The smallest absolute Gasteiger partial charge is 0.244 e. The number of nitrogens with one attached hydrogen (secondary N) is 1. The van der Waals surface area contributed by atoms with Gasteiger partial charge in [0.25, 0.3) is 0 Å². The van der Waals surface area contributed by atoms with Crippen LogP contribution in [0.2, 0.25) is 5.02 Å². The lowest BCUT2D eigenvalue weighted by atomic mass is 9.90. The zero-order chi connectivity index (χ0) is 15.5. The number of anilines is 1. The van der Waals surface area contributed by atoms with Crippen molar-refractivity contribution in [3.8, 4) is 5.75 Å². The van der Waals surface area contributed by atoms with Crippen LogP contribution in [0.1, 0.15) is 26.7 Å². The standard InChI is InChI=1S/C15H21ClN2O3/c1-10(2)21-13-4-3-11(9-12(13)16)18-14(19)15(17)5-7-20-8-6-15/h3-4,9-10H,5-8,17H2,1-2H3,(H,18,19). The molecule has 1 aromatic carbocycles. The third-order valence-electron chi connectivity index (χ3n) is 3.39. The molecule has 0 aromatic heterocycles. The largest absolute Gasteiger partial charge is 0.489 e. The minimum atomic E-state index is -0.877. The number of ether oxygens (including phenoxy) is 2. The first-order valence-electron chi connectivity index (χ1n) is 7.05. The first-order valence-corrected chi connectivity index (χ1v) is 7.43. The van der Waals surface area contributed by atoms with Crippen LogP contribution in [0.25, 0.3) is 0 Å². The van der Waals surface area contributed by atoms with Gasteiger partial charge in [0, 0.05) is 18.9 Å². The molecule has 1 aromatic rings. The topological polar surface area (TPSA) is 73.6 Å². The molecular formula is C15H21ClN2O3. The molecule has 0 atom stereocenters. The highest BCUT2D eigenvalue weighted by Gasteiger charge is 2.35. The zero-order valence-electron chi connectivity index (χ0n) is 12.3. The Morgan fingerprint density at radius 2 is 2.10 bits per heavy atom. The number of nitrogens with two attached hydrogens (primary N) is 1. The number of amides is 1. The monoisotopic (exact) mass is 312 g/mol. The molecule has 116 valence electrons. The van der Waals surface area contributed by atoms with Gasteiger partial charge in [0.1, 0.15) is 11.3 Å². The summed E-state index contributed by atoms with van der Waals surface area (Å²) in [7, 11) is 0. The van der Waals surface area contributed by atoms with Crippen molar-refractivity contribution in [1.82, 2.24) is 0 Å². The maximum absolute atomic E-state index is 12.3. The molecule has 1 fully saturated rings. The van der Waals surface area contributed by atoms with Crippen LogP contribution >= 0.6 is 11.6 Å². The van der Waals surface area contributed by atoms with E-state index in [1.54, 1.807) is 18.2 Å². The van der Waals surface area contributed by atoms with Crippen LogP contribution in [0, 0.1) is 0 Å². The number of carbonyl (C=O) groups excluding carboxylic acids is 1. The van der Waals surface area contributed by atoms with Gasteiger partial charge in [0.15, 0.2) is 0 Å². The van der Waals surface area contributed by atoms with E-state index in [0.29, 0.717) is 42.5 Å². The van der Waals surface area contributed by atoms with E-state index in [-0.39, 0.29) is 12.0 Å².